The molecule has 0 spiro atoms. The average Bonchev–Trinajstić information content (AvgIpc) is 2.79. The lowest BCUT2D eigenvalue weighted by molar-refractivity contribution is -0.144. The maximum absolute atomic E-state index is 12.1. The van der Waals surface area contributed by atoms with Gasteiger partial charge in [0, 0.05) is 5.02 Å². The number of aryl methyl sites for hydroxylation is 1. The fourth-order valence-electron chi connectivity index (χ4n) is 1.73. The minimum atomic E-state index is -0.796. The van der Waals surface area contributed by atoms with Crippen LogP contribution in [0.3, 0.4) is 0 Å². The van der Waals surface area contributed by atoms with Crippen LogP contribution in [0.15, 0.2) is 28.8 Å². The molecule has 1 atom stereocenters. The monoisotopic (exact) mass is 280 g/mol. The Labute approximate surface area is 115 Å². The first-order chi connectivity index (χ1) is 9.13. The lowest BCUT2D eigenvalue weighted by Crippen LogP contribution is -2.18. The van der Waals surface area contributed by atoms with Gasteiger partial charge in [-0.3, -0.25) is 4.79 Å². The van der Waals surface area contributed by atoms with Gasteiger partial charge in [0.25, 0.3) is 0 Å². The summed E-state index contributed by atoms with van der Waals surface area (Å²) in [5, 5.41) is 4.15. The van der Waals surface area contributed by atoms with E-state index >= 15 is 0 Å². The van der Waals surface area contributed by atoms with Gasteiger partial charge >= 0.3 is 5.97 Å². The van der Waals surface area contributed by atoms with Gasteiger partial charge in [-0.05, 0) is 25.5 Å². The van der Waals surface area contributed by atoms with E-state index in [9.17, 15) is 4.79 Å². The van der Waals surface area contributed by atoms with Gasteiger partial charge in [-0.15, -0.1) is 0 Å². The Morgan fingerprint density at radius 3 is 2.79 bits per heavy atom. The van der Waals surface area contributed by atoms with Crippen LogP contribution in [0, 0.1) is 6.92 Å². The van der Waals surface area contributed by atoms with Gasteiger partial charge in [-0.2, -0.15) is 4.98 Å². The average molecular weight is 281 g/mol. The zero-order valence-electron chi connectivity index (χ0n) is 10.6. The fraction of sp³-hybridized carbons (Fsp3) is 0.308. The van der Waals surface area contributed by atoms with E-state index in [1.54, 1.807) is 38.1 Å². The van der Waals surface area contributed by atoms with Crippen molar-refractivity contribution in [2.24, 2.45) is 0 Å². The van der Waals surface area contributed by atoms with E-state index in [1.165, 1.54) is 0 Å². The summed E-state index contributed by atoms with van der Waals surface area (Å²) >= 11 is 6.12. The van der Waals surface area contributed by atoms with E-state index in [1.807, 2.05) is 0 Å². The second-order valence-electron chi connectivity index (χ2n) is 3.89. The quantitative estimate of drug-likeness (QED) is 0.806. The Hall–Kier alpha value is -1.88. The number of hydrogen-bond donors (Lipinski definition) is 0. The predicted octanol–water partition coefficient (Wildman–Crippen LogP) is 2.73. The van der Waals surface area contributed by atoms with Gasteiger partial charge < -0.3 is 9.26 Å². The summed E-state index contributed by atoms with van der Waals surface area (Å²) in [6.07, 6.45) is 0. The van der Waals surface area contributed by atoms with Crippen LogP contribution < -0.4 is 0 Å². The molecule has 0 radical (unpaired) electrons. The van der Waals surface area contributed by atoms with Gasteiger partial charge in [-0.25, -0.2) is 0 Å². The SMILES string of the molecule is CCOC(=O)C(c1nc(C)no1)c1ccccc1Cl. The third-order valence-corrected chi connectivity index (χ3v) is 2.87. The predicted molar refractivity (Wildman–Crippen MR) is 69.0 cm³/mol. The van der Waals surface area contributed by atoms with Crippen molar-refractivity contribution in [2.75, 3.05) is 6.61 Å². The largest absolute Gasteiger partial charge is 0.465 e. The van der Waals surface area contributed by atoms with Crippen LogP contribution >= 0.6 is 11.6 Å². The Morgan fingerprint density at radius 1 is 1.47 bits per heavy atom. The van der Waals surface area contributed by atoms with E-state index in [0.29, 0.717) is 16.4 Å². The topological polar surface area (TPSA) is 65.2 Å². The van der Waals surface area contributed by atoms with Crippen molar-refractivity contribution in [3.8, 4) is 0 Å². The van der Waals surface area contributed by atoms with Crippen molar-refractivity contribution >= 4 is 17.6 Å². The Bertz CT molecular complexity index is 583. The minimum absolute atomic E-state index is 0.184. The molecule has 1 aromatic carbocycles. The summed E-state index contributed by atoms with van der Waals surface area (Å²) in [6, 6.07) is 7.01. The van der Waals surface area contributed by atoms with Crippen LogP contribution in [0.2, 0.25) is 5.02 Å². The van der Waals surface area contributed by atoms with Crippen LogP contribution in [0.1, 0.15) is 30.1 Å². The molecule has 5 nitrogen and oxygen atoms in total. The molecule has 0 aliphatic carbocycles. The van der Waals surface area contributed by atoms with Crippen LogP contribution in [0.5, 0.6) is 0 Å². The van der Waals surface area contributed by atoms with E-state index in [4.69, 9.17) is 20.9 Å². The molecule has 100 valence electrons. The van der Waals surface area contributed by atoms with E-state index < -0.39 is 11.9 Å². The highest BCUT2D eigenvalue weighted by molar-refractivity contribution is 6.31. The number of esters is 1. The molecule has 0 fully saturated rings. The zero-order chi connectivity index (χ0) is 13.8. The molecule has 2 rings (SSSR count). The molecule has 0 aliphatic heterocycles. The van der Waals surface area contributed by atoms with Crippen LogP contribution in [0.4, 0.5) is 0 Å². The number of halogens is 1. The molecule has 1 heterocycles. The van der Waals surface area contributed by atoms with Crippen molar-refractivity contribution in [3.63, 3.8) is 0 Å². The van der Waals surface area contributed by atoms with E-state index in [0.717, 1.165) is 0 Å². The molecule has 2 aromatic rings. The van der Waals surface area contributed by atoms with Crippen LogP contribution in [0.25, 0.3) is 0 Å². The number of aromatic nitrogens is 2. The molecule has 0 saturated carbocycles. The normalized spacial score (nSPS) is 12.2. The van der Waals surface area contributed by atoms with Crippen molar-refractivity contribution in [1.29, 1.82) is 0 Å². The summed E-state index contributed by atoms with van der Waals surface area (Å²) < 4.78 is 10.1. The second-order valence-corrected chi connectivity index (χ2v) is 4.29. The minimum Gasteiger partial charge on any atom is -0.465 e. The molecule has 0 saturated heterocycles. The standard InChI is InChI=1S/C13H13ClN2O3/c1-3-18-13(17)11(12-15-8(2)16-19-12)9-6-4-5-7-10(9)14/h4-7,11H,3H2,1-2H3. The summed E-state index contributed by atoms with van der Waals surface area (Å²) in [5.74, 6) is -0.616. The number of carbonyl (C=O) groups is 1. The van der Waals surface area contributed by atoms with E-state index in [2.05, 4.69) is 10.1 Å². The van der Waals surface area contributed by atoms with Crippen LogP contribution in [-0.4, -0.2) is 22.7 Å². The van der Waals surface area contributed by atoms with Gasteiger partial charge in [0.1, 0.15) is 0 Å². The van der Waals surface area contributed by atoms with Gasteiger partial charge in [0.2, 0.25) is 5.89 Å². The number of ether oxygens (including phenoxy) is 1. The second kappa shape index (κ2) is 5.84. The van der Waals surface area contributed by atoms with Gasteiger partial charge in [-0.1, -0.05) is 35.0 Å². The van der Waals surface area contributed by atoms with Crippen molar-refractivity contribution < 1.29 is 14.1 Å². The maximum Gasteiger partial charge on any atom is 0.323 e. The Balaban J connectivity index is 2.46. The Morgan fingerprint density at radius 2 is 2.21 bits per heavy atom. The molecular weight excluding hydrogens is 268 g/mol. The molecule has 19 heavy (non-hydrogen) atoms. The smallest absolute Gasteiger partial charge is 0.323 e. The Kier molecular flexibility index (Phi) is 4.16. The molecule has 0 N–H and O–H groups in total. The lowest BCUT2D eigenvalue weighted by Gasteiger charge is -2.13. The molecule has 1 aromatic heterocycles. The summed E-state index contributed by atoms with van der Waals surface area (Å²) in [6.45, 7) is 3.69. The highest BCUT2D eigenvalue weighted by Gasteiger charge is 2.31. The van der Waals surface area contributed by atoms with Crippen molar-refractivity contribution in [2.45, 2.75) is 19.8 Å². The first-order valence-corrected chi connectivity index (χ1v) is 6.22. The third-order valence-electron chi connectivity index (χ3n) is 2.53. The zero-order valence-corrected chi connectivity index (χ0v) is 11.3. The number of nitrogens with zero attached hydrogens (tertiary/aromatic N) is 2. The number of carbonyl (C=O) groups excluding carboxylic acids is 1. The lowest BCUT2D eigenvalue weighted by atomic mass is 9.99. The first kappa shape index (κ1) is 13.5. The first-order valence-electron chi connectivity index (χ1n) is 5.84. The molecule has 1 unspecified atom stereocenters. The fourth-order valence-corrected chi connectivity index (χ4v) is 1.97. The number of benzene rings is 1. The highest BCUT2D eigenvalue weighted by atomic mass is 35.5. The van der Waals surface area contributed by atoms with E-state index in [-0.39, 0.29) is 12.5 Å². The van der Waals surface area contributed by atoms with Gasteiger partial charge in [0.15, 0.2) is 11.7 Å². The summed E-state index contributed by atoms with van der Waals surface area (Å²) in [7, 11) is 0. The number of hydrogen-bond acceptors (Lipinski definition) is 5. The molecule has 6 heteroatoms. The summed E-state index contributed by atoms with van der Waals surface area (Å²) in [5.41, 5.74) is 0.589. The van der Waals surface area contributed by atoms with Gasteiger partial charge in [0.05, 0.1) is 6.61 Å². The molecule has 0 bridgehead atoms. The maximum atomic E-state index is 12.1. The van der Waals surface area contributed by atoms with Crippen molar-refractivity contribution in [3.05, 3.63) is 46.6 Å². The highest BCUT2D eigenvalue weighted by Crippen LogP contribution is 2.30. The van der Waals surface area contributed by atoms with Crippen LogP contribution in [-0.2, 0) is 9.53 Å². The molecular formula is C13H13ClN2O3. The number of rotatable bonds is 4. The molecule has 0 aliphatic rings. The third kappa shape index (κ3) is 2.93. The van der Waals surface area contributed by atoms with Crippen molar-refractivity contribution in [1.82, 2.24) is 10.1 Å². The summed E-state index contributed by atoms with van der Waals surface area (Å²) in [4.78, 5) is 16.2. The molecule has 0 amide bonds.